The van der Waals surface area contributed by atoms with Crippen LogP contribution in [0.2, 0.25) is 0 Å². The van der Waals surface area contributed by atoms with Gasteiger partial charge in [0.05, 0.1) is 5.92 Å². The SMILES string of the molecule is CCCCCCCCCCN1CCC(C(N)=O)C1. The fourth-order valence-electron chi connectivity index (χ4n) is 2.74. The maximum absolute atomic E-state index is 11.0. The number of carbonyl (C=O) groups excluding carboxylic acids is 1. The molecule has 1 unspecified atom stereocenters. The molecule has 1 aliphatic heterocycles. The summed E-state index contributed by atoms with van der Waals surface area (Å²) in [5.74, 6) is -0.00697. The van der Waals surface area contributed by atoms with E-state index in [1.165, 1.54) is 51.4 Å². The molecule has 0 spiro atoms. The lowest BCUT2D eigenvalue weighted by Gasteiger charge is -2.14. The average Bonchev–Trinajstić information content (AvgIpc) is 2.81. The van der Waals surface area contributed by atoms with Gasteiger partial charge in [0.2, 0.25) is 5.91 Å². The normalized spacial score (nSPS) is 20.4. The van der Waals surface area contributed by atoms with E-state index in [1.54, 1.807) is 0 Å². The van der Waals surface area contributed by atoms with E-state index in [0.29, 0.717) is 0 Å². The number of unbranched alkanes of at least 4 members (excludes halogenated alkanes) is 7. The molecule has 2 N–H and O–H groups in total. The molecule has 0 aromatic heterocycles. The summed E-state index contributed by atoms with van der Waals surface area (Å²) < 4.78 is 0. The molecule has 106 valence electrons. The fraction of sp³-hybridized carbons (Fsp3) is 0.933. The van der Waals surface area contributed by atoms with Crippen molar-refractivity contribution in [3.05, 3.63) is 0 Å². The molecule has 1 saturated heterocycles. The minimum absolute atomic E-state index is 0.110. The number of nitrogens with two attached hydrogens (primary N) is 1. The zero-order valence-electron chi connectivity index (χ0n) is 12.0. The van der Waals surface area contributed by atoms with Crippen molar-refractivity contribution in [2.45, 2.75) is 64.7 Å². The van der Waals surface area contributed by atoms with Crippen LogP contribution >= 0.6 is 0 Å². The van der Waals surface area contributed by atoms with E-state index < -0.39 is 0 Å². The summed E-state index contributed by atoms with van der Waals surface area (Å²) in [4.78, 5) is 13.4. The monoisotopic (exact) mass is 254 g/mol. The Kier molecular flexibility index (Phi) is 8.06. The van der Waals surface area contributed by atoms with Crippen molar-refractivity contribution in [2.24, 2.45) is 11.7 Å². The van der Waals surface area contributed by atoms with Crippen molar-refractivity contribution in [3.8, 4) is 0 Å². The molecule has 1 fully saturated rings. The van der Waals surface area contributed by atoms with E-state index in [2.05, 4.69) is 11.8 Å². The molecule has 1 amide bonds. The number of primary amides is 1. The van der Waals surface area contributed by atoms with E-state index in [0.717, 1.165) is 26.1 Å². The van der Waals surface area contributed by atoms with Gasteiger partial charge < -0.3 is 10.6 Å². The largest absolute Gasteiger partial charge is 0.369 e. The van der Waals surface area contributed by atoms with Gasteiger partial charge in [-0.15, -0.1) is 0 Å². The third-order valence-corrected chi connectivity index (χ3v) is 4.00. The smallest absolute Gasteiger partial charge is 0.221 e. The lowest BCUT2D eigenvalue weighted by Crippen LogP contribution is -2.27. The second-order valence-electron chi connectivity index (χ2n) is 5.66. The molecule has 1 heterocycles. The maximum atomic E-state index is 11.0. The van der Waals surface area contributed by atoms with Crippen LogP contribution in [-0.4, -0.2) is 30.4 Å². The van der Waals surface area contributed by atoms with Gasteiger partial charge in [0.25, 0.3) is 0 Å². The first-order valence-electron chi connectivity index (χ1n) is 7.75. The highest BCUT2D eigenvalue weighted by atomic mass is 16.1. The highest BCUT2D eigenvalue weighted by molar-refractivity contribution is 5.77. The summed E-state index contributed by atoms with van der Waals surface area (Å²) in [6, 6.07) is 0. The molecule has 0 saturated carbocycles. The van der Waals surface area contributed by atoms with Crippen LogP contribution in [0.1, 0.15) is 64.7 Å². The molecule has 1 atom stereocenters. The lowest BCUT2D eigenvalue weighted by atomic mass is 10.1. The van der Waals surface area contributed by atoms with Gasteiger partial charge in [0.15, 0.2) is 0 Å². The zero-order chi connectivity index (χ0) is 13.2. The van der Waals surface area contributed by atoms with Crippen LogP contribution in [0.25, 0.3) is 0 Å². The Balaban J connectivity index is 1.88. The predicted molar refractivity (Wildman–Crippen MR) is 76.4 cm³/mol. The van der Waals surface area contributed by atoms with Gasteiger partial charge in [-0.05, 0) is 25.9 Å². The van der Waals surface area contributed by atoms with E-state index in [-0.39, 0.29) is 11.8 Å². The number of carbonyl (C=O) groups is 1. The number of hydrogen-bond donors (Lipinski definition) is 1. The summed E-state index contributed by atoms with van der Waals surface area (Å²) in [7, 11) is 0. The standard InChI is InChI=1S/C15H30N2O/c1-2-3-4-5-6-7-8-9-11-17-12-10-14(13-17)15(16)18/h14H,2-13H2,1H3,(H2,16,18). The highest BCUT2D eigenvalue weighted by Gasteiger charge is 2.25. The summed E-state index contributed by atoms with van der Waals surface area (Å²) in [5.41, 5.74) is 5.33. The third kappa shape index (κ3) is 6.39. The second-order valence-corrected chi connectivity index (χ2v) is 5.66. The first-order valence-corrected chi connectivity index (χ1v) is 7.75. The minimum Gasteiger partial charge on any atom is -0.369 e. The molecule has 0 bridgehead atoms. The van der Waals surface area contributed by atoms with Gasteiger partial charge in [0, 0.05) is 6.54 Å². The van der Waals surface area contributed by atoms with Crippen LogP contribution in [0.5, 0.6) is 0 Å². The van der Waals surface area contributed by atoms with Gasteiger partial charge in [-0.3, -0.25) is 4.79 Å². The van der Waals surface area contributed by atoms with Gasteiger partial charge >= 0.3 is 0 Å². The molecule has 1 rings (SSSR count). The zero-order valence-corrected chi connectivity index (χ0v) is 12.0. The Morgan fingerprint density at radius 2 is 1.72 bits per heavy atom. The number of rotatable bonds is 10. The van der Waals surface area contributed by atoms with Crippen molar-refractivity contribution >= 4 is 5.91 Å². The van der Waals surface area contributed by atoms with Crippen LogP contribution in [0.3, 0.4) is 0 Å². The molecule has 0 aromatic rings. The summed E-state index contributed by atoms with van der Waals surface area (Å²) in [5, 5.41) is 0. The van der Waals surface area contributed by atoms with Crippen molar-refractivity contribution in [3.63, 3.8) is 0 Å². The van der Waals surface area contributed by atoms with E-state index >= 15 is 0 Å². The molecular weight excluding hydrogens is 224 g/mol. The predicted octanol–water partition coefficient (Wildman–Crippen LogP) is 2.93. The molecule has 3 heteroatoms. The molecule has 1 aliphatic rings. The number of likely N-dealkylation sites (tertiary alicyclic amines) is 1. The Hall–Kier alpha value is -0.570. The number of hydrogen-bond acceptors (Lipinski definition) is 2. The fourth-order valence-corrected chi connectivity index (χ4v) is 2.74. The average molecular weight is 254 g/mol. The lowest BCUT2D eigenvalue weighted by molar-refractivity contribution is -0.121. The van der Waals surface area contributed by atoms with Gasteiger partial charge in [-0.1, -0.05) is 51.9 Å². The Morgan fingerprint density at radius 1 is 1.11 bits per heavy atom. The molecule has 0 aromatic carbocycles. The van der Waals surface area contributed by atoms with Crippen LogP contribution in [0, 0.1) is 5.92 Å². The highest BCUT2D eigenvalue weighted by Crippen LogP contribution is 2.16. The van der Waals surface area contributed by atoms with Crippen LogP contribution in [0.4, 0.5) is 0 Å². The van der Waals surface area contributed by atoms with Crippen LogP contribution in [-0.2, 0) is 4.79 Å². The number of amides is 1. The topological polar surface area (TPSA) is 46.3 Å². The second kappa shape index (κ2) is 9.37. The summed E-state index contributed by atoms with van der Waals surface area (Å²) in [6.45, 7) is 5.37. The maximum Gasteiger partial charge on any atom is 0.221 e. The Bertz CT molecular complexity index is 231. The molecule has 18 heavy (non-hydrogen) atoms. The first-order chi connectivity index (χ1) is 8.74. The third-order valence-electron chi connectivity index (χ3n) is 4.00. The van der Waals surface area contributed by atoms with Crippen molar-refractivity contribution in [1.29, 1.82) is 0 Å². The van der Waals surface area contributed by atoms with Crippen molar-refractivity contribution < 1.29 is 4.79 Å². The first kappa shape index (κ1) is 15.5. The van der Waals surface area contributed by atoms with Gasteiger partial charge in [-0.2, -0.15) is 0 Å². The minimum atomic E-state index is -0.117. The summed E-state index contributed by atoms with van der Waals surface area (Å²) >= 11 is 0. The van der Waals surface area contributed by atoms with Crippen LogP contribution < -0.4 is 5.73 Å². The molecule has 3 nitrogen and oxygen atoms in total. The van der Waals surface area contributed by atoms with E-state index in [4.69, 9.17) is 5.73 Å². The van der Waals surface area contributed by atoms with Gasteiger partial charge in [0.1, 0.15) is 0 Å². The quantitative estimate of drug-likeness (QED) is 0.609. The number of nitrogens with zero attached hydrogens (tertiary/aromatic N) is 1. The van der Waals surface area contributed by atoms with Crippen molar-refractivity contribution in [2.75, 3.05) is 19.6 Å². The Labute approximate surface area is 112 Å². The van der Waals surface area contributed by atoms with E-state index in [1.807, 2.05) is 0 Å². The summed E-state index contributed by atoms with van der Waals surface area (Å²) in [6.07, 6.45) is 11.9. The van der Waals surface area contributed by atoms with Crippen LogP contribution in [0.15, 0.2) is 0 Å². The van der Waals surface area contributed by atoms with Crippen molar-refractivity contribution in [1.82, 2.24) is 4.90 Å². The Morgan fingerprint density at radius 3 is 2.28 bits per heavy atom. The molecule has 0 radical (unpaired) electrons. The van der Waals surface area contributed by atoms with Gasteiger partial charge in [-0.25, -0.2) is 0 Å². The molecule has 0 aliphatic carbocycles. The van der Waals surface area contributed by atoms with E-state index in [9.17, 15) is 4.79 Å². The molecular formula is C15H30N2O.